The van der Waals surface area contributed by atoms with Crippen molar-refractivity contribution in [3.05, 3.63) is 29.7 Å². The van der Waals surface area contributed by atoms with E-state index in [-0.39, 0.29) is 24.1 Å². The molecule has 2 aromatic rings. The summed E-state index contributed by atoms with van der Waals surface area (Å²) in [5.74, 6) is -1.19. The third-order valence-corrected chi connectivity index (χ3v) is 3.77. The average Bonchev–Trinajstić information content (AvgIpc) is 2.89. The Bertz CT molecular complexity index is 713. The van der Waals surface area contributed by atoms with E-state index in [0.717, 1.165) is 18.5 Å². The molecule has 3 heterocycles. The number of carbonyl (C=O) groups excluding carboxylic acids is 1. The zero-order chi connectivity index (χ0) is 15.0. The number of piperidine rings is 1. The first-order valence-corrected chi connectivity index (χ1v) is 6.97. The molecule has 22 heavy (non-hydrogen) atoms. The van der Waals surface area contributed by atoms with Crippen LogP contribution in [0.15, 0.2) is 22.6 Å². The van der Waals surface area contributed by atoms with E-state index in [1.807, 2.05) is 6.92 Å². The maximum atomic E-state index is 12.5. The molecule has 1 aliphatic heterocycles. The molecule has 7 heteroatoms. The zero-order valence-corrected chi connectivity index (χ0v) is 12.9. The van der Waals surface area contributed by atoms with Gasteiger partial charge in [-0.3, -0.25) is 4.79 Å². The van der Waals surface area contributed by atoms with Gasteiger partial charge in [-0.15, -0.1) is 12.4 Å². The number of carbonyl (C=O) groups is 2. The van der Waals surface area contributed by atoms with Crippen LogP contribution in [0.1, 0.15) is 35.5 Å². The molecule has 0 aliphatic carbocycles. The van der Waals surface area contributed by atoms with Crippen molar-refractivity contribution < 1.29 is 19.1 Å². The number of furan rings is 1. The number of amides is 1. The molecule has 1 N–H and O–H groups in total. The molecule has 6 nitrogen and oxygen atoms in total. The fourth-order valence-corrected chi connectivity index (χ4v) is 2.70. The van der Waals surface area contributed by atoms with Crippen molar-refractivity contribution in [2.45, 2.75) is 32.2 Å². The topological polar surface area (TPSA) is 83.6 Å². The summed E-state index contributed by atoms with van der Waals surface area (Å²) >= 11 is 0. The molecule has 1 fully saturated rings. The predicted molar refractivity (Wildman–Crippen MR) is 82.3 cm³/mol. The lowest BCUT2D eigenvalue weighted by Crippen LogP contribution is -2.47. The van der Waals surface area contributed by atoms with Gasteiger partial charge in [0.2, 0.25) is 0 Å². The Balaban J connectivity index is 0.00000176. The van der Waals surface area contributed by atoms with E-state index in [2.05, 4.69) is 4.98 Å². The second kappa shape index (κ2) is 6.36. The molecule has 1 saturated heterocycles. The first-order valence-electron chi connectivity index (χ1n) is 6.97. The molecule has 0 spiro atoms. The lowest BCUT2D eigenvalue weighted by molar-refractivity contribution is -0.143. The maximum Gasteiger partial charge on any atom is 0.326 e. The number of hydrogen-bond donors (Lipinski definition) is 1. The molecule has 118 valence electrons. The van der Waals surface area contributed by atoms with Gasteiger partial charge in [0.05, 0.1) is 0 Å². The third-order valence-electron chi connectivity index (χ3n) is 3.77. The Morgan fingerprint density at radius 3 is 2.86 bits per heavy atom. The summed E-state index contributed by atoms with van der Waals surface area (Å²) in [4.78, 5) is 29.5. The number of likely N-dealkylation sites (tertiary alicyclic amines) is 1. The van der Waals surface area contributed by atoms with Crippen LogP contribution in [0.5, 0.6) is 0 Å². The summed E-state index contributed by atoms with van der Waals surface area (Å²) in [7, 11) is 0. The van der Waals surface area contributed by atoms with Crippen LogP contribution in [-0.4, -0.2) is 39.5 Å². The first-order chi connectivity index (χ1) is 10.1. The number of nitrogens with zero attached hydrogens (tertiary/aromatic N) is 2. The number of aryl methyl sites for hydroxylation is 1. The van der Waals surface area contributed by atoms with Crippen molar-refractivity contribution in [1.29, 1.82) is 0 Å². The molecule has 3 rings (SSSR count). The predicted octanol–water partition coefficient (Wildman–Crippen LogP) is 2.64. The fraction of sp³-hybridized carbons (Fsp3) is 0.400. The highest BCUT2D eigenvalue weighted by Crippen LogP contribution is 2.23. The SMILES string of the molecule is Cc1ccc2oc(C(=O)N3CCCCC3C(=O)O)cc2n1.Cl. The number of aliphatic carboxylic acids is 1. The van der Waals surface area contributed by atoms with Crippen LogP contribution >= 0.6 is 12.4 Å². The van der Waals surface area contributed by atoms with Gasteiger partial charge < -0.3 is 14.4 Å². The number of pyridine rings is 1. The van der Waals surface area contributed by atoms with Gasteiger partial charge in [-0.1, -0.05) is 0 Å². The molecular formula is C15H17ClN2O4. The average molecular weight is 325 g/mol. The van der Waals surface area contributed by atoms with Crippen LogP contribution in [0.3, 0.4) is 0 Å². The van der Waals surface area contributed by atoms with E-state index in [0.29, 0.717) is 24.1 Å². The minimum atomic E-state index is -0.965. The van der Waals surface area contributed by atoms with Gasteiger partial charge in [-0.05, 0) is 38.3 Å². The summed E-state index contributed by atoms with van der Waals surface area (Å²) in [6.45, 7) is 2.30. The highest BCUT2D eigenvalue weighted by Gasteiger charge is 2.33. The molecule has 0 bridgehead atoms. The molecule has 1 atom stereocenters. The Labute approximate surface area is 133 Å². The number of halogens is 1. The molecule has 0 saturated carbocycles. The Kier molecular flexibility index (Phi) is 4.71. The number of fused-ring (bicyclic) bond motifs is 1. The van der Waals surface area contributed by atoms with Crippen molar-refractivity contribution in [1.82, 2.24) is 9.88 Å². The van der Waals surface area contributed by atoms with Crippen molar-refractivity contribution in [3.63, 3.8) is 0 Å². The molecule has 0 radical (unpaired) electrons. The zero-order valence-electron chi connectivity index (χ0n) is 12.1. The molecular weight excluding hydrogens is 308 g/mol. The van der Waals surface area contributed by atoms with Gasteiger partial charge in [-0.25, -0.2) is 9.78 Å². The molecule has 1 unspecified atom stereocenters. The Hall–Kier alpha value is -2.08. The second-order valence-electron chi connectivity index (χ2n) is 5.30. The van der Waals surface area contributed by atoms with E-state index in [1.165, 1.54) is 4.90 Å². The summed E-state index contributed by atoms with van der Waals surface area (Å²) in [6, 6.07) is 4.38. The quantitative estimate of drug-likeness (QED) is 0.918. The van der Waals surface area contributed by atoms with Gasteiger partial charge in [0.1, 0.15) is 11.6 Å². The van der Waals surface area contributed by atoms with Crippen molar-refractivity contribution in [2.24, 2.45) is 0 Å². The second-order valence-corrected chi connectivity index (χ2v) is 5.30. The van der Waals surface area contributed by atoms with E-state index in [4.69, 9.17) is 4.42 Å². The van der Waals surface area contributed by atoms with E-state index >= 15 is 0 Å². The van der Waals surface area contributed by atoms with Crippen LogP contribution in [-0.2, 0) is 4.79 Å². The highest BCUT2D eigenvalue weighted by atomic mass is 35.5. The van der Waals surface area contributed by atoms with Crippen LogP contribution in [0.2, 0.25) is 0 Å². The number of aromatic nitrogens is 1. The highest BCUT2D eigenvalue weighted by molar-refractivity contribution is 5.97. The van der Waals surface area contributed by atoms with E-state index < -0.39 is 12.0 Å². The normalized spacial score (nSPS) is 18.0. The first kappa shape index (κ1) is 16.3. The summed E-state index contributed by atoms with van der Waals surface area (Å²) in [5, 5.41) is 9.24. The van der Waals surface area contributed by atoms with Crippen molar-refractivity contribution in [2.75, 3.05) is 6.54 Å². The lowest BCUT2D eigenvalue weighted by atomic mass is 10.0. The van der Waals surface area contributed by atoms with Gasteiger partial charge in [0.25, 0.3) is 5.91 Å². The monoisotopic (exact) mass is 324 g/mol. The van der Waals surface area contributed by atoms with Crippen LogP contribution < -0.4 is 0 Å². The van der Waals surface area contributed by atoms with Crippen LogP contribution in [0.25, 0.3) is 11.1 Å². The van der Waals surface area contributed by atoms with Crippen LogP contribution in [0.4, 0.5) is 0 Å². The van der Waals surface area contributed by atoms with Crippen molar-refractivity contribution >= 4 is 35.4 Å². The summed E-state index contributed by atoms with van der Waals surface area (Å²) < 4.78 is 5.52. The minimum absolute atomic E-state index is 0. The Morgan fingerprint density at radius 2 is 2.14 bits per heavy atom. The summed E-state index contributed by atoms with van der Waals surface area (Å²) in [6.07, 6.45) is 2.12. The smallest absolute Gasteiger partial charge is 0.326 e. The molecule has 1 amide bonds. The maximum absolute atomic E-state index is 12.5. The lowest BCUT2D eigenvalue weighted by Gasteiger charge is -2.32. The van der Waals surface area contributed by atoms with Crippen LogP contribution in [0, 0.1) is 6.92 Å². The fourth-order valence-electron chi connectivity index (χ4n) is 2.70. The largest absolute Gasteiger partial charge is 0.480 e. The van der Waals surface area contributed by atoms with E-state index in [9.17, 15) is 14.7 Å². The van der Waals surface area contributed by atoms with Gasteiger partial charge >= 0.3 is 5.97 Å². The number of carboxylic acid groups (broad SMARTS) is 1. The van der Waals surface area contributed by atoms with Gasteiger partial charge in [-0.2, -0.15) is 0 Å². The van der Waals surface area contributed by atoms with Gasteiger partial charge in [0.15, 0.2) is 11.3 Å². The van der Waals surface area contributed by atoms with E-state index in [1.54, 1.807) is 18.2 Å². The van der Waals surface area contributed by atoms with Gasteiger partial charge in [0, 0.05) is 18.3 Å². The Morgan fingerprint density at radius 1 is 1.36 bits per heavy atom. The van der Waals surface area contributed by atoms with Crippen molar-refractivity contribution in [3.8, 4) is 0 Å². The number of hydrogen-bond acceptors (Lipinski definition) is 4. The minimum Gasteiger partial charge on any atom is -0.480 e. The molecule has 2 aromatic heterocycles. The number of rotatable bonds is 2. The molecule has 0 aromatic carbocycles. The third kappa shape index (κ3) is 2.92. The summed E-state index contributed by atoms with van der Waals surface area (Å²) in [5.41, 5.74) is 1.98. The molecule has 1 aliphatic rings. The standard InChI is InChI=1S/C15H16N2O4.ClH/c1-9-5-6-12-10(16-9)8-13(21-12)14(18)17-7-3-2-4-11(17)15(19)20;/h5-6,8,11H,2-4,7H2,1H3,(H,19,20);1H. The number of carboxylic acids is 1.